The molecule has 0 aliphatic carbocycles. The molecule has 0 saturated carbocycles. The van der Waals surface area contributed by atoms with E-state index in [2.05, 4.69) is 5.32 Å². The molecule has 1 saturated heterocycles. The van der Waals surface area contributed by atoms with Crippen molar-refractivity contribution < 1.29 is 18.7 Å². The van der Waals surface area contributed by atoms with Crippen LogP contribution in [0, 0.1) is 5.82 Å². The number of fused-ring (bicyclic) bond motifs is 1. The van der Waals surface area contributed by atoms with Gasteiger partial charge in [-0.2, -0.15) is 0 Å². The number of ether oxygens (including phenoxy) is 1. The fourth-order valence-corrected chi connectivity index (χ4v) is 3.79. The second kappa shape index (κ2) is 7.29. The van der Waals surface area contributed by atoms with E-state index in [-0.39, 0.29) is 16.5 Å². The highest BCUT2D eigenvalue weighted by Gasteiger charge is 2.33. The van der Waals surface area contributed by atoms with Crippen LogP contribution in [0.2, 0.25) is 5.02 Å². The Bertz CT molecular complexity index is 892. The molecule has 140 valence electrons. The van der Waals surface area contributed by atoms with Gasteiger partial charge in [0.25, 0.3) is 11.8 Å². The largest absolute Gasteiger partial charge is 0.368 e. The number of benzene rings is 2. The van der Waals surface area contributed by atoms with Gasteiger partial charge in [-0.25, -0.2) is 4.39 Å². The van der Waals surface area contributed by atoms with Gasteiger partial charge >= 0.3 is 0 Å². The highest BCUT2D eigenvalue weighted by molar-refractivity contribution is 6.34. The summed E-state index contributed by atoms with van der Waals surface area (Å²) < 4.78 is 19.5. The third-order valence-corrected chi connectivity index (χ3v) is 5.21. The lowest BCUT2D eigenvalue weighted by Gasteiger charge is -2.21. The van der Waals surface area contributed by atoms with Crippen LogP contribution in [-0.2, 0) is 16.0 Å². The lowest BCUT2D eigenvalue weighted by molar-refractivity contribution is -0.127. The first-order valence-corrected chi connectivity index (χ1v) is 9.23. The third-order valence-electron chi connectivity index (χ3n) is 4.90. The van der Waals surface area contributed by atoms with Crippen molar-refractivity contribution in [1.82, 2.24) is 0 Å². The molecule has 4 rings (SSSR count). The molecule has 5 nitrogen and oxygen atoms in total. The SMILES string of the molecule is O=C(Nc1ccc2c(c1)N(C(=O)[C@@H]1CCCO1)CC2)c1c(F)cccc1Cl. The van der Waals surface area contributed by atoms with Crippen molar-refractivity contribution in [2.75, 3.05) is 23.4 Å². The van der Waals surface area contributed by atoms with Crippen molar-refractivity contribution in [2.45, 2.75) is 25.4 Å². The van der Waals surface area contributed by atoms with Gasteiger partial charge in [-0.1, -0.05) is 23.7 Å². The molecule has 2 aliphatic rings. The highest BCUT2D eigenvalue weighted by atomic mass is 35.5. The Morgan fingerprint density at radius 3 is 2.85 bits per heavy atom. The van der Waals surface area contributed by atoms with Crippen LogP contribution in [0.5, 0.6) is 0 Å². The summed E-state index contributed by atoms with van der Waals surface area (Å²) in [6.45, 7) is 1.20. The fraction of sp³-hybridized carbons (Fsp3) is 0.300. The predicted octanol–water partition coefficient (Wildman–Crippen LogP) is 3.80. The minimum atomic E-state index is -0.684. The van der Waals surface area contributed by atoms with E-state index in [0.29, 0.717) is 18.8 Å². The van der Waals surface area contributed by atoms with Gasteiger partial charge in [-0.05, 0) is 49.1 Å². The average molecular weight is 389 g/mol. The number of halogens is 2. The van der Waals surface area contributed by atoms with Crippen LogP contribution in [-0.4, -0.2) is 31.1 Å². The van der Waals surface area contributed by atoms with E-state index in [4.69, 9.17) is 16.3 Å². The average Bonchev–Trinajstić information content (AvgIpc) is 3.31. The number of amides is 2. The minimum absolute atomic E-state index is 0.0452. The summed E-state index contributed by atoms with van der Waals surface area (Å²) in [6.07, 6.45) is 1.97. The lowest BCUT2D eigenvalue weighted by atomic mass is 10.1. The first-order chi connectivity index (χ1) is 13.0. The van der Waals surface area contributed by atoms with Crippen molar-refractivity contribution >= 4 is 34.8 Å². The molecule has 2 aliphatic heterocycles. The number of nitrogens with zero attached hydrogens (tertiary/aromatic N) is 1. The Labute approximate surface area is 161 Å². The van der Waals surface area contributed by atoms with E-state index in [9.17, 15) is 14.0 Å². The Morgan fingerprint density at radius 1 is 1.26 bits per heavy atom. The Morgan fingerprint density at radius 2 is 2.11 bits per heavy atom. The molecule has 1 N–H and O–H groups in total. The fourth-order valence-electron chi connectivity index (χ4n) is 3.54. The number of hydrogen-bond acceptors (Lipinski definition) is 3. The Kier molecular flexibility index (Phi) is 4.85. The van der Waals surface area contributed by atoms with Crippen molar-refractivity contribution in [3.8, 4) is 0 Å². The van der Waals surface area contributed by atoms with Crippen LogP contribution >= 0.6 is 11.6 Å². The molecule has 1 atom stereocenters. The second-order valence-electron chi connectivity index (χ2n) is 6.64. The van der Waals surface area contributed by atoms with E-state index in [1.54, 1.807) is 17.0 Å². The summed E-state index contributed by atoms with van der Waals surface area (Å²) in [6, 6.07) is 9.44. The van der Waals surface area contributed by atoms with Gasteiger partial charge in [-0.15, -0.1) is 0 Å². The molecule has 0 aromatic heterocycles. The summed E-state index contributed by atoms with van der Waals surface area (Å²) >= 11 is 5.95. The van der Waals surface area contributed by atoms with E-state index in [1.165, 1.54) is 18.2 Å². The molecule has 0 radical (unpaired) electrons. The topological polar surface area (TPSA) is 58.6 Å². The van der Waals surface area contributed by atoms with Gasteiger partial charge in [0.15, 0.2) is 0 Å². The van der Waals surface area contributed by atoms with Crippen LogP contribution in [0.4, 0.5) is 15.8 Å². The first-order valence-electron chi connectivity index (χ1n) is 8.86. The molecule has 0 bridgehead atoms. The van der Waals surface area contributed by atoms with Gasteiger partial charge in [-0.3, -0.25) is 9.59 Å². The summed E-state index contributed by atoms with van der Waals surface area (Å²) in [5.74, 6) is -1.36. The number of nitrogens with one attached hydrogen (secondary N) is 1. The number of carbonyl (C=O) groups is 2. The lowest BCUT2D eigenvalue weighted by Crippen LogP contribution is -2.37. The zero-order valence-corrected chi connectivity index (χ0v) is 15.3. The molecule has 0 spiro atoms. The van der Waals surface area contributed by atoms with E-state index in [0.717, 1.165) is 30.5 Å². The summed E-state index contributed by atoms with van der Waals surface area (Å²) in [4.78, 5) is 26.9. The number of rotatable bonds is 3. The smallest absolute Gasteiger partial charge is 0.260 e. The third kappa shape index (κ3) is 3.42. The molecular weight excluding hydrogens is 371 g/mol. The first kappa shape index (κ1) is 17.9. The summed E-state index contributed by atoms with van der Waals surface area (Å²) in [7, 11) is 0. The molecule has 2 aromatic rings. The molecule has 2 amide bonds. The van der Waals surface area contributed by atoms with Gasteiger partial charge in [0.1, 0.15) is 11.9 Å². The Balaban J connectivity index is 1.57. The number of carbonyl (C=O) groups excluding carboxylic acids is 2. The normalized spacial score (nSPS) is 18.4. The quantitative estimate of drug-likeness (QED) is 0.870. The molecule has 7 heteroatoms. The second-order valence-corrected chi connectivity index (χ2v) is 7.04. The Hall–Kier alpha value is -2.44. The molecule has 2 aromatic carbocycles. The van der Waals surface area contributed by atoms with Crippen molar-refractivity contribution in [3.63, 3.8) is 0 Å². The maximum absolute atomic E-state index is 14.0. The van der Waals surface area contributed by atoms with Gasteiger partial charge in [0, 0.05) is 24.5 Å². The molecule has 2 heterocycles. The molecule has 0 unspecified atom stereocenters. The van der Waals surface area contributed by atoms with Crippen LogP contribution in [0.3, 0.4) is 0 Å². The zero-order chi connectivity index (χ0) is 19.0. The summed E-state index contributed by atoms with van der Waals surface area (Å²) in [5, 5.41) is 2.71. The monoisotopic (exact) mass is 388 g/mol. The standard InChI is InChI=1S/C20H18ClFN2O3/c21-14-3-1-4-15(22)18(14)19(25)23-13-7-6-12-8-9-24(16(12)11-13)20(26)17-5-2-10-27-17/h1,3-4,6-7,11,17H,2,5,8-10H2,(H,23,25)/t17-/m0/s1. The van der Waals surface area contributed by atoms with Crippen molar-refractivity contribution in [2.24, 2.45) is 0 Å². The van der Waals surface area contributed by atoms with Crippen LogP contribution in [0.1, 0.15) is 28.8 Å². The highest BCUT2D eigenvalue weighted by Crippen LogP contribution is 2.33. The number of anilines is 2. The minimum Gasteiger partial charge on any atom is -0.368 e. The van der Waals surface area contributed by atoms with Crippen LogP contribution < -0.4 is 10.2 Å². The van der Waals surface area contributed by atoms with Crippen LogP contribution in [0.15, 0.2) is 36.4 Å². The maximum Gasteiger partial charge on any atom is 0.260 e. The number of hydrogen-bond donors (Lipinski definition) is 1. The van der Waals surface area contributed by atoms with Gasteiger partial charge < -0.3 is 15.0 Å². The van der Waals surface area contributed by atoms with Crippen molar-refractivity contribution in [1.29, 1.82) is 0 Å². The predicted molar refractivity (Wildman–Crippen MR) is 101 cm³/mol. The maximum atomic E-state index is 14.0. The van der Waals surface area contributed by atoms with Crippen LogP contribution in [0.25, 0.3) is 0 Å². The van der Waals surface area contributed by atoms with E-state index >= 15 is 0 Å². The molecule has 1 fully saturated rings. The van der Waals surface area contributed by atoms with E-state index < -0.39 is 17.8 Å². The molecular formula is C20H18ClFN2O3. The zero-order valence-electron chi connectivity index (χ0n) is 14.5. The van der Waals surface area contributed by atoms with Crippen molar-refractivity contribution in [3.05, 3.63) is 58.4 Å². The summed E-state index contributed by atoms with van der Waals surface area (Å²) in [5.41, 5.74) is 2.06. The van der Waals surface area contributed by atoms with Gasteiger partial charge in [0.05, 0.1) is 10.6 Å². The van der Waals surface area contributed by atoms with E-state index in [1.807, 2.05) is 6.07 Å². The van der Waals surface area contributed by atoms with Gasteiger partial charge in [0.2, 0.25) is 0 Å². The molecule has 27 heavy (non-hydrogen) atoms.